The van der Waals surface area contributed by atoms with Crippen LogP contribution in [0.1, 0.15) is 11.6 Å². The Morgan fingerprint density at radius 3 is 2.75 bits per heavy atom. The average molecular weight is 234 g/mol. The van der Waals surface area contributed by atoms with Crippen LogP contribution in [-0.2, 0) is 0 Å². The number of benzene rings is 1. The van der Waals surface area contributed by atoms with Gasteiger partial charge in [-0.2, -0.15) is 0 Å². The predicted molar refractivity (Wildman–Crippen MR) is 48.1 cm³/mol. The Hall–Kier alpha value is -0.450. The fourth-order valence-corrected chi connectivity index (χ4v) is 1.59. The molecule has 0 radical (unpaired) electrons. The van der Waals surface area contributed by atoms with Crippen LogP contribution in [0.2, 0.25) is 0 Å². The molecular weight excluding hydrogens is 225 g/mol. The molecule has 1 atom stereocenters. The van der Waals surface area contributed by atoms with E-state index in [0.717, 1.165) is 0 Å². The van der Waals surface area contributed by atoms with E-state index in [1.54, 1.807) is 12.1 Å². The lowest BCUT2D eigenvalue weighted by Crippen LogP contribution is -2.16. The van der Waals surface area contributed by atoms with Gasteiger partial charge in [0.15, 0.2) is 0 Å². The van der Waals surface area contributed by atoms with Gasteiger partial charge in [0.1, 0.15) is 5.82 Å². The molecule has 0 bridgehead atoms. The minimum atomic E-state index is -0.666. The lowest BCUT2D eigenvalue weighted by molar-refractivity contribution is 0.265. The summed E-state index contributed by atoms with van der Waals surface area (Å²) in [5.41, 5.74) is 5.80. The van der Waals surface area contributed by atoms with Crippen molar-refractivity contribution < 1.29 is 9.50 Å². The van der Waals surface area contributed by atoms with E-state index in [4.69, 9.17) is 10.8 Å². The molecule has 0 unspecified atom stereocenters. The van der Waals surface area contributed by atoms with E-state index in [0.29, 0.717) is 10.0 Å². The SMILES string of the molecule is N[C@@H](CO)c1c(F)cccc1Br. The Kier molecular flexibility index (Phi) is 3.20. The third-order valence-corrected chi connectivity index (χ3v) is 2.26. The second-order valence-corrected chi connectivity index (χ2v) is 3.28. The summed E-state index contributed by atoms with van der Waals surface area (Å²) < 4.78 is 13.7. The molecule has 1 aromatic rings. The zero-order valence-corrected chi connectivity index (χ0v) is 7.88. The van der Waals surface area contributed by atoms with Crippen molar-refractivity contribution in [2.24, 2.45) is 5.73 Å². The van der Waals surface area contributed by atoms with Crippen LogP contribution < -0.4 is 5.73 Å². The van der Waals surface area contributed by atoms with Gasteiger partial charge >= 0.3 is 0 Å². The second-order valence-electron chi connectivity index (χ2n) is 2.42. The highest BCUT2D eigenvalue weighted by Gasteiger charge is 2.13. The van der Waals surface area contributed by atoms with Gasteiger partial charge in [-0.15, -0.1) is 0 Å². The lowest BCUT2D eigenvalue weighted by atomic mass is 10.1. The average Bonchev–Trinajstić information content (AvgIpc) is 2.03. The highest BCUT2D eigenvalue weighted by Crippen LogP contribution is 2.24. The van der Waals surface area contributed by atoms with Gasteiger partial charge in [-0.3, -0.25) is 0 Å². The summed E-state index contributed by atoms with van der Waals surface area (Å²) in [5.74, 6) is -0.397. The molecule has 4 heteroatoms. The largest absolute Gasteiger partial charge is 0.394 e. The van der Waals surface area contributed by atoms with Gasteiger partial charge in [-0.1, -0.05) is 22.0 Å². The maximum Gasteiger partial charge on any atom is 0.129 e. The molecule has 0 aliphatic carbocycles. The number of nitrogens with two attached hydrogens (primary N) is 1. The summed E-state index contributed by atoms with van der Waals surface area (Å²) in [6, 6.07) is 3.91. The van der Waals surface area contributed by atoms with Crippen molar-refractivity contribution >= 4 is 15.9 Å². The van der Waals surface area contributed by atoms with Gasteiger partial charge < -0.3 is 10.8 Å². The monoisotopic (exact) mass is 233 g/mol. The molecule has 0 saturated carbocycles. The maximum absolute atomic E-state index is 13.1. The number of hydrogen-bond donors (Lipinski definition) is 2. The van der Waals surface area contributed by atoms with E-state index in [2.05, 4.69) is 15.9 Å². The van der Waals surface area contributed by atoms with E-state index in [1.165, 1.54) is 6.07 Å². The summed E-state index contributed by atoms with van der Waals surface area (Å²) in [6.07, 6.45) is 0. The van der Waals surface area contributed by atoms with E-state index in [9.17, 15) is 4.39 Å². The van der Waals surface area contributed by atoms with E-state index in [-0.39, 0.29) is 6.61 Å². The van der Waals surface area contributed by atoms with Crippen LogP contribution in [0.25, 0.3) is 0 Å². The van der Waals surface area contributed by atoms with Crippen molar-refractivity contribution in [3.63, 3.8) is 0 Å². The Labute approximate surface area is 78.3 Å². The molecular formula is C8H9BrFNO. The molecule has 3 N–H and O–H groups in total. The molecule has 2 nitrogen and oxygen atoms in total. The van der Waals surface area contributed by atoms with Gasteiger partial charge in [0.25, 0.3) is 0 Å². The first-order valence-corrected chi connectivity index (χ1v) is 4.26. The molecule has 0 saturated heterocycles. The molecule has 1 rings (SSSR count). The smallest absolute Gasteiger partial charge is 0.129 e. The number of aliphatic hydroxyl groups is 1. The highest BCUT2D eigenvalue weighted by molar-refractivity contribution is 9.10. The van der Waals surface area contributed by atoms with Gasteiger partial charge in [0, 0.05) is 10.0 Å². The number of aliphatic hydroxyl groups excluding tert-OH is 1. The minimum absolute atomic E-state index is 0.264. The number of rotatable bonds is 2. The number of hydrogen-bond acceptors (Lipinski definition) is 2. The summed E-state index contributed by atoms with van der Waals surface area (Å²) in [5, 5.41) is 8.72. The van der Waals surface area contributed by atoms with Crippen LogP contribution >= 0.6 is 15.9 Å². The van der Waals surface area contributed by atoms with Crippen LogP contribution in [0.4, 0.5) is 4.39 Å². The van der Waals surface area contributed by atoms with Crippen LogP contribution in [0.5, 0.6) is 0 Å². The standard InChI is InChI=1S/C8H9BrFNO/c9-5-2-1-3-6(10)8(5)7(11)4-12/h1-3,7,12H,4,11H2/t7-/m0/s1. The fraction of sp³-hybridized carbons (Fsp3) is 0.250. The first-order chi connectivity index (χ1) is 5.66. The third-order valence-electron chi connectivity index (χ3n) is 1.57. The molecule has 0 aliphatic rings. The van der Waals surface area contributed by atoms with Crippen LogP contribution in [-0.4, -0.2) is 11.7 Å². The quantitative estimate of drug-likeness (QED) is 0.815. The van der Waals surface area contributed by atoms with Crippen molar-refractivity contribution in [2.75, 3.05) is 6.61 Å². The summed E-state index contributed by atoms with van der Waals surface area (Å²) in [7, 11) is 0. The Balaban J connectivity index is 3.12. The first-order valence-electron chi connectivity index (χ1n) is 3.47. The van der Waals surface area contributed by atoms with E-state index in [1.807, 2.05) is 0 Å². The molecule has 1 aromatic carbocycles. The molecule has 0 spiro atoms. The molecule has 0 aliphatic heterocycles. The zero-order valence-electron chi connectivity index (χ0n) is 6.30. The molecule has 66 valence electrons. The van der Waals surface area contributed by atoms with E-state index < -0.39 is 11.9 Å². The molecule has 0 heterocycles. The molecule has 12 heavy (non-hydrogen) atoms. The molecule has 0 aromatic heterocycles. The Bertz CT molecular complexity index is 260. The van der Waals surface area contributed by atoms with Crippen molar-refractivity contribution in [2.45, 2.75) is 6.04 Å². The topological polar surface area (TPSA) is 46.2 Å². The Morgan fingerprint density at radius 2 is 2.25 bits per heavy atom. The normalized spacial score (nSPS) is 13.0. The van der Waals surface area contributed by atoms with Gasteiger partial charge in [-0.05, 0) is 12.1 Å². The van der Waals surface area contributed by atoms with Crippen LogP contribution in [0.3, 0.4) is 0 Å². The summed E-state index contributed by atoms with van der Waals surface area (Å²) >= 11 is 3.16. The lowest BCUT2D eigenvalue weighted by Gasteiger charge is -2.11. The van der Waals surface area contributed by atoms with Gasteiger partial charge in [0.2, 0.25) is 0 Å². The molecule has 0 amide bonds. The third kappa shape index (κ3) is 1.83. The van der Waals surface area contributed by atoms with Crippen LogP contribution in [0, 0.1) is 5.82 Å². The van der Waals surface area contributed by atoms with Crippen molar-refractivity contribution in [1.29, 1.82) is 0 Å². The number of halogens is 2. The second kappa shape index (κ2) is 3.98. The fourth-order valence-electron chi connectivity index (χ4n) is 0.956. The van der Waals surface area contributed by atoms with Gasteiger partial charge in [0.05, 0.1) is 12.6 Å². The summed E-state index contributed by atoms with van der Waals surface area (Å²) in [6.45, 7) is -0.264. The Morgan fingerprint density at radius 1 is 1.58 bits per heavy atom. The van der Waals surface area contributed by atoms with Gasteiger partial charge in [-0.25, -0.2) is 4.39 Å². The van der Waals surface area contributed by atoms with Crippen molar-refractivity contribution in [3.8, 4) is 0 Å². The van der Waals surface area contributed by atoms with Crippen LogP contribution in [0.15, 0.2) is 22.7 Å². The highest BCUT2D eigenvalue weighted by atomic mass is 79.9. The van der Waals surface area contributed by atoms with Crippen molar-refractivity contribution in [3.05, 3.63) is 34.1 Å². The maximum atomic E-state index is 13.1. The predicted octanol–water partition coefficient (Wildman–Crippen LogP) is 1.58. The first kappa shape index (κ1) is 9.64. The summed E-state index contributed by atoms with van der Waals surface area (Å²) in [4.78, 5) is 0. The van der Waals surface area contributed by atoms with E-state index >= 15 is 0 Å². The minimum Gasteiger partial charge on any atom is -0.394 e. The molecule has 0 fully saturated rings. The zero-order chi connectivity index (χ0) is 9.14. The van der Waals surface area contributed by atoms with Crippen molar-refractivity contribution in [1.82, 2.24) is 0 Å².